The Morgan fingerprint density at radius 1 is 1.83 bits per heavy atom. The normalized spacial score (nSPS) is 13.7. The third-order valence-corrected chi connectivity index (χ3v) is 0.809. The number of hydrogen-bond acceptors (Lipinski definition) is 1. The van der Waals surface area contributed by atoms with Crippen molar-refractivity contribution >= 4 is 0 Å². The summed E-state index contributed by atoms with van der Waals surface area (Å²) in [6, 6.07) is 0.449. The van der Waals surface area contributed by atoms with Crippen molar-refractivity contribution in [2.45, 2.75) is 13.0 Å². The summed E-state index contributed by atoms with van der Waals surface area (Å²) < 4.78 is 0. The van der Waals surface area contributed by atoms with Gasteiger partial charge in [-0.05, 0) is 14.0 Å². The maximum atomic E-state index is 3.57. The highest BCUT2D eigenvalue weighted by atomic mass is 14.8. The van der Waals surface area contributed by atoms with Crippen molar-refractivity contribution in [3.05, 3.63) is 12.7 Å². The number of likely N-dealkylation sites (N-methyl/N-ethyl adjacent to an activating group) is 1. The van der Waals surface area contributed by atoms with Crippen LogP contribution in [0.4, 0.5) is 0 Å². The van der Waals surface area contributed by atoms with E-state index < -0.39 is 0 Å². The fourth-order valence-electron chi connectivity index (χ4n) is 0.118. The lowest BCUT2D eigenvalue weighted by molar-refractivity contribution is 0.730. The van der Waals surface area contributed by atoms with Crippen molar-refractivity contribution in [3.8, 4) is 0 Å². The molecule has 1 atom stereocenters. The van der Waals surface area contributed by atoms with Gasteiger partial charge in [0, 0.05) is 6.04 Å². The zero-order chi connectivity index (χ0) is 4.99. The fourth-order valence-corrected chi connectivity index (χ4v) is 0.118. The van der Waals surface area contributed by atoms with E-state index in [0.29, 0.717) is 6.04 Å². The molecule has 0 radical (unpaired) electrons. The molecule has 0 aromatic rings. The highest BCUT2D eigenvalue weighted by Gasteiger charge is 1.81. The lowest BCUT2D eigenvalue weighted by atomic mass is 10.3. The lowest BCUT2D eigenvalue weighted by Crippen LogP contribution is -2.17. The van der Waals surface area contributed by atoms with Crippen molar-refractivity contribution in [1.29, 1.82) is 0 Å². The van der Waals surface area contributed by atoms with E-state index in [9.17, 15) is 0 Å². The number of rotatable bonds is 2. The molecular formula is C5H11N. The van der Waals surface area contributed by atoms with Crippen LogP contribution in [0, 0.1) is 0 Å². The molecule has 6 heavy (non-hydrogen) atoms. The van der Waals surface area contributed by atoms with E-state index in [1.165, 1.54) is 0 Å². The van der Waals surface area contributed by atoms with Gasteiger partial charge in [-0.2, -0.15) is 0 Å². The smallest absolute Gasteiger partial charge is 0.0216 e. The molecule has 0 amide bonds. The van der Waals surface area contributed by atoms with Crippen LogP contribution in [0.25, 0.3) is 0 Å². The van der Waals surface area contributed by atoms with E-state index in [4.69, 9.17) is 0 Å². The van der Waals surface area contributed by atoms with Crippen LogP contribution in [0.2, 0.25) is 0 Å². The zero-order valence-corrected chi connectivity index (χ0v) is 4.36. The fraction of sp³-hybridized carbons (Fsp3) is 0.600. The molecule has 0 saturated heterocycles. The van der Waals surface area contributed by atoms with Gasteiger partial charge in [0.15, 0.2) is 0 Å². The first-order valence-corrected chi connectivity index (χ1v) is 2.11. The maximum absolute atomic E-state index is 3.57. The van der Waals surface area contributed by atoms with E-state index in [0.717, 1.165) is 0 Å². The van der Waals surface area contributed by atoms with Gasteiger partial charge < -0.3 is 5.32 Å². The zero-order valence-electron chi connectivity index (χ0n) is 4.36. The molecule has 0 spiro atoms. The molecule has 1 unspecified atom stereocenters. The summed E-state index contributed by atoms with van der Waals surface area (Å²) in [6.07, 6.45) is 1.86. The van der Waals surface area contributed by atoms with E-state index in [-0.39, 0.29) is 0 Å². The molecule has 0 aliphatic heterocycles. The van der Waals surface area contributed by atoms with Crippen molar-refractivity contribution in [1.82, 2.24) is 5.32 Å². The molecule has 1 nitrogen and oxygen atoms in total. The molecule has 0 bridgehead atoms. The second-order valence-electron chi connectivity index (χ2n) is 1.31. The number of hydrogen-bond donors (Lipinski definition) is 1. The summed E-state index contributed by atoms with van der Waals surface area (Å²) in [6.45, 7) is 5.62. The van der Waals surface area contributed by atoms with Gasteiger partial charge in [-0.1, -0.05) is 6.08 Å². The molecule has 0 rings (SSSR count). The number of nitrogens with one attached hydrogen (secondary N) is 1. The average Bonchev–Trinajstić information content (AvgIpc) is 1.65. The minimum absolute atomic E-state index is 0.449. The van der Waals surface area contributed by atoms with E-state index >= 15 is 0 Å². The van der Waals surface area contributed by atoms with Crippen molar-refractivity contribution in [2.75, 3.05) is 7.05 Å². The summed E-state index contributed by atoms with van der Waals surface area (Å²) in [4.78, 5) is 0. The first-order chi connectivity index (χ1) is 2.81. The highest BCUT2D eigenvalue weighted by molar-refractivity contribution is 4.79. The summed E-state index contributed by atoms with van der Waals surface area (Å²) in [5, 5.41) is 3.00. The van der Waals surface area contributed by atoms with Crippen LogP contribution < -0.4 is 5.32 Å². The third-order valence-electron chi connectivity index (χ3n) is 0.809. The highest BCUT2D eigenvalue weighted by Crippen LogP contribution is 1.74. The van der Waals surface area contributed by atoms with Crippen LogP contribution in [-0.4, -0.2) is 13.1 Å². The monoisotopic (exact) mass is 85.1 g/mol. The summed E-state index contributed by atoms with van der Waals surface area (Å²) in [5.74, 6) is 0. The van der Waals surface area contributed by atoms with Crippen LogP contribution >= 0.6 is 0 Å². The Balaban J connectivity index is 2.96. The standard InChI is InChI=1S/C5H11N/c1-4-5(2)6-3/h4-6H,1H2,2-3H3. The molecule has 0 saturated carbocycles. The quantitative estimate of drug-likeness (QED) is 0.488. The predicted octanol–water partition coefficient (Wildman–Crippen LogP) is 0.780. The topological polar surface area (TPSA) is 12.0 Å². The Kier molecular flexibility index (Phi) is 2.77. The van der Waals surface area contributed by atoms with Gasteiger partial charge in [0.2, 0.25) is 0 Å². The van der Waals surface area contributed by atoms with Crippen molar-refractivity contribution in [3.63, 3.8) is 0 Å². The van der Waals surface area contributed by atoms with E-state index in [1.807, 2.05) is 20.0 Å². The Morgan fingerprint density at radius 2 is 2.33 bits per heavy atom. The Bertz CT molecular complexity index is 41.2. The Morgan fingerprint density at radius 3 is 2.33 bits per heavy atom. The lowest BCUT2D eigenvalue weighted by Gasteiger charge is -1.98. The first-order valence-electron chi connectivity index (χ1n) is 2.11. The van der Waals surface area contributed by atoms with Gasteiger partial charge in [0.1, 0.15) is 0 Å². The molecule has 0 fully saturated rings. The largest absolute Gasteiger partial charge is 0.314 e. The minimum Gasteiger partial charge on any atom is -0.314 e. The van der Waals surface area contributed by atoms with Gasteiger partial charge in [-0.3, -0.25) is 0 Å². The Labute approximate surface area is 39.1 Å². The summed E-state index contributed by atoms with van der Waals surface area (Å²) in [5.41, 5.74) is 0. The molecule has 0 aliphatic carbocycles. The maximum Gasteiger partial charge on any atom is 0.0216 e. The molecule has 0 heterocycles. The Hall–Kier alpha value is -0.300. The predicted molar refractivity (Wildman–Crippen MR) is 28.7 cm³/mol. The van der Waals surface area contributed by atoms with E-state index in [2.05, 4.69) is 11.9 Å². The van der Waals surface area contributed by atoms with Gasteiger partial charge in [0.25, 0.3) is 0 Å². The second kappa shape index (κ2) is 2.91. The van der Waals surface area contributed by atoms with Gasteiger partial charge >= 0.3 is 0 Å². The van der Waals surface area contributed by atoms with Gasteiger partial charge in [-0.15, -0.1) is 6.58 Å². The molecular weight excluding hydrogens is 74.1 g/mol. The third kappa shape index (κ3) is 1.97. The molecule has 36 valence electrons. The SMILES string of the molecule is C=CC(C)NC. The van der Waals surface area contributed by atoms with Crippen LogP contribution in [0.3, 0.4) is 0 Å². The molecule has 0 aromatic heterocycles. The summed E-state index contributed by atoms with van der Waals surface area (Å²) in [7, 11) is 1.91. The molecule has 1 heteroatoms. The van der Waals surface area contributed by atoms with E-state index in [1.54, 1.807) is 0 Å². The molecule has 0 aliphatic rings. The van der Waals surface area contributed by atoms with Gasteiger partial charge in [0.05, 0.1) is 0 Å². The van der Waals surface area contributed by atoms with Crippen LogP contribution in [-0.2, 0) is 0 Å². The molecule has 1 N–H and O–H groups in total. The van der Waals surface area contributed by atoms with Crippen LogP contribution in [0.15, 0.2) is 12.7 Å². The van der Waals surface area contributed by atoms with Crippen molar-refractivity contribution < 1.29 is 0 Å². The molecule has 0 aromatic carbocycles. The van der Waals surface area contributed by atoms with Crippen LogP contribution in [0.1, 0.15) is 6.92 Å². The second-order valence-corrected chi connectivity index (χ2v) is 1.31. The average molecular weight is 85.1 g/mol. The van der Waals surface area contributed by atoms with Gasteiger partial charge in [-0.25, -0.2) is 0 Å². The minimum atomic E-state index is 0.449. The first kappa shape index (κ1) is 5.70. The van der Waals surface area contributed by atoms with Crippen molar-refractivity contribution in [2.24, 2.45) is 0 Å². The van der Waals surface area contributed by atoms with Crippen LogP contribution in [0.5, 0.6) is 0 Å². The summed E-state index contributed by atoms with van der Waals surface area (Å²) >= 11 is 0.